The summed E-state index contributed by atoms with van der Waals surface area (Å²) < 4.78 is 5.38. The number of nitrogens with zero attached hydrogens (tertiary/aromatic N) is 4. The molecule has 1 amide bonds. The Labute approximate surface area is 152 Å². The molecule has 0 unspecified atom stereocenters. The zero-order chi connectivity index (χ0) is 17.9. The summed E-state index contributed by atoms with van der Waals surface area (Å²) in [5.74, 6) is 5.55. The molecular weight excluding hydrogens is 330 g/mol. The summed E-state index contributed by atoms with van der Waals surface area (Å²) in [5, 5.41) is 6.81. The molecule has 0 atom stereocenters. The fourth-order valence-corrected chi connectivity index (χ4v) is 3.22. The van der Waals surface area contributed by atoms with Crippen molar-refractivity contribution in [2.24, 2.45) is 0 Å². The number of carbonyl (C=O) groups is 1. The number of hydrogen-bond donors (Lipinski definition) is 1. The monoisotopic (exact) mass is 351 g/mol. The van der Waals surface area contributed by atoms with Gasteiger partial charge in [0.05, 0.1) is 12.1 Å². The maximum absolute atomic E-state index is 11.9. The van der Waals surface area contributed by atoms with Gasteiger partial charge in [-0.1, -0.05) is 11.1 Å². The van der Waals surface area contributed by atoms with E-state index in [4.69, 9.17) is 10.9 Å². The van der Waals surface area contributed by atoms with Crippen LogP contribution in [-0.4, -0.2) is 40.7 Å². The zero-order valence-corrected chi connectivity index (χ0v) is 14.5. The molecule has 0 aromatic carbocycles. The number of nitrogens with one attached hydrogen (secondary N) is 1. The Bertz CT molecular complexity index is 811. The van der Waals surface area contributed by atoms with Crippen molar-refractivity contribution in [1.82, 2.24) is 20.4 Å². The summed E-state index contributed by atoms with van der Waals surface area (Å²) in [6.45, 7) is 1.98. The van der Waals surface area contributed by atoms with E-state index in [0.29, 0.717) is 17.4 Å². The summed E-state index contributed by atoms with van der Waals surface area (Å²) in [4.78, 5) is 23.1. The van der Waals surface area contributed by atoms with Crippen LogP contribution >= 0.6 is 0 Å². The molecule has 2 aliphatic rings. The molecule has 2 aromatic rings. The molecule has 7 heteroatoms. The minimum Gasteiger partial charge on any atom is -0.357 e. The fourth-order valence-electron chi connectivity index (χ4n) is 3.22. The highest BCUT2D eigenvalue weighted by atomic mass is 16.5. The SMILES string of the molecule is C#CCNC(=O)c1ccc(N2CCC(c3noc(C4CC4)n3)CC2)nc1. The molecule has 0 bridgehead atoms. The van der Waals surface area contributed by atoms with Crippen molar-refractivity contribution in [3.63, 3.8) is 0 Å². The van der Waals surface area contributed by atoms with Crippen molar-refractivity contribution in [3.8, 4) is 12.3 Å². The number of hydrogen-bond acceptors (Lipinski definition) is 6. The summed E-state index contributed by atoms with van der Waals surface area (Å²) in [5.41, 5.74) is 0.512. The maximum Gasteiger partial charge on any atom is 0.253 e. The molecule has 4 rings (SSSR count). The lowest BCUT2D eigenvalue weighted by Gasteiger charge is -2.31. The van der Waals surface area contributed by atoms with E-state index in [2.05, 4.69) is 31.3 Å². The van der Waals surface area contributed by atoms with E-state index in [1.807, 2.05) is 6.07 Å². The third-order valence-corrected chi connectivity index (χ3v) is 4.93. The first kappa shape index (κ1) is 16.6. The van der Waals surface area contributed by atoms with E-state index < -0.39 is 0 Å². The maximum atomic E-state index is 11.9. The van der Waals surface area contributed by atoms with Crippen molar-refractivity contribution < 1.29 is 9.32 Å². The van der Waals surface area contributed by atoms with Gasteiger partial charge >= 0.3 is 0 Å². The van der Waals surface area contributed by atoms with Crippen LogP contribution in [0.5, 0.6) is 0 Å². The molecule has 0 radical (unpaired) electrons. The Morgan fingerprint density at radius 2 is 2.08 bits per heavy atom. The highest BCUT2D eigenvalue weighted by Crippen LogP contribution is 2.39. The Hall–Kier alpha value is -2.88. The Morgan fingerprint density at radius 3 is 2.73 bits per heavy atom. The Kier molecular flexibility index (Phi) is 4.57. The lowest BCUT2D eigenvalue weighted by molar-refractivity contribution is 0.0958. The van der Waals surface area contributed by atoms with Crippen LogP contribution in [-0.2, 0) is 0 Å². The first-order chi connectivity index (χ1) is 12.7. The lowest BCUT2D eigenvalue weighted by atomic mass is 9.96. The first-order valence-electron chi connectivity index (χ1n) is 9.00. The number of anilines is 1. The summed E-state index contributed by atoms with van der Waals surface area (Å²) >= 11 is 0. The number of amides is 1. The number of rotatable bonds is 5. The van der Waals surface area contributed by atoms with E-state index in [0.717, 1.165) is 43.5 Å². The second kappa shape index (κ2) is 7.16. The molecule has 1 aliphatic heterocycles. The van der Waals surface area contributed by atoms with Crippen molar-refractivity contribution in [2.75, 3.05) is 24.5 Å². The van der Waals surface area contributed by atoms with Gasteiger partial charge in [-0.15, -0.1) is 6.42 Å². The van der Waals surface area contributed by atoms with Crippen LogP contribution in [0.2, 0.25) is 0 Å². The largest absolute Gasteiger partial charge is 0.357 e. The van der Waals surface area contributed by atoms with E-state index in [1.54, 1.807) is 12.3 Å². The third kappa shape index (κ3) is 3.54. The van der Waals surface area contributed by atoms with Gasteiger partial charge in [-0.25, -0.2) is 4.98 Å². The van der Waals surface area contributed by atoms with E-state index in [9.17, 15) is 4.79 Å². The molecule has 26 heavy (non-hydrogen) atoms. The van der Waals surface area contributed by atoms with Crippen LogP contribution < -0.4 is 10.2 Å². The van der Waals surface area contributed by atoms with E-state index in [1.165, 1.54) is 12.8 Å². The van der Waals surface area contributed by atoms with Gasteiger partial charge in [0, 0.05) is 31.1 Å². The third-order valence-electron chi connectivity index (χ3n) is 4.93. The average Bonchev–Trinajstić information content (AvgIpc) is 3.43. The van der Waals surface area contributed by atoms with Crippen molar-refractivity contribution in [2.45, 2.75) is 37.5 Å². The molecule has 0 spiro atoms. The van der Waals surface area contributed by atoms with Crippen LogP contribution in [0.1, 0.15) is 59.6 Å². The Morgan fingerprint density at radius 1 is 1.27 bits per heavy atom. The molecule has 1 aliphatic carbocycles. The molecular formula is C19H21N5O2. The highest BCUT2D eigenvalue weighted by Gasteiger charge is 2.32. The van der Waals surface area contributed by atoms with Crippen LogP contribution in [0, 0.1) is 12.3 Å². The van der Waals surface area contributed by atoms with Gasteiger partial charge in [0.2, 0.25) is 5.89 Å². The Balaban J connectivity index is 1.33. The molecule has 1 saturated heterocycles. The predicted molar refractivity (Wildman–Crippen MR) is 95.9 cm³/mol. The normalized spacial score (nSPS) is 17.7. The number of pyridine rings is 1. The molecule has 1 N–H and O–H groups in total. The number of piperidine rings is 1. The first-order valence-corrected chi connectivity index (χ1v) is 9.00. The van der Waals surface area contributed by atoms with Crippen molar-refractivity contribution in [3.05, 3.63) is 35.6 Å². The highest BCUT2D eigenvalue weighted by molar-refractivity contribution is 5.94. The summed E-state index contributed by atoms with van der Waals surface area (Å²) in [6.07, 6.45) is 11.0. The van der Waals surface area contributed by atoms with Gasteiger partial charge in [0.1, 0.15) is 5.82 Å². The van der Waals surface area contributed by atoms with Gasteiger partial charge in [0.15, 0.2) is 5.82 Å². The van der Waals surface area contributed by atoms with Crippen molar-refractivity contribution in [1.29, 1.82) is 0 Å². The standard InChI is InChI=1S/C19H21N5O2/c1-2-9-20-18(25)15-5-6-16(21-12-15)24-10-7-13(8-11-24)17-22-19(26-23-17)14-3-4-14/h1,5-6,12-14H,3-4,7-11H2,(H,20,25). The summed E-state index contributed by atoms with van der Waals surface area (Å²) in [6, 6.07) is 3.66. The molecule has 1 saturated carbocycles. The van der Waals surface area contributed by atoms with Crippen molar-refractivity contribution >= 4 is 11.7 Å². The zero-order valence-electron chi connectivity index (χ0n) is 14.5. The molecule has 3 heterocycles. The van der Waals surface area contributed by atoms with Gasteiger partial charge in [-0.2, -0.15) is 4.98 Å². The van der Waals surface area contributed by atoms with E-state index in [-0.39, 0.29) is 12.5 Å². The molecule has 7 nitrogen and oxygen atoms in total. The summed E-state index contributed by atoms with van der Waals surface area (Å²) in [7, 11) is 0. The molecule has 134 valence electrons. The average molecular weight is 351 g/mol. The van der Waals surface area contributed by atoms with Gasteiger partial charge < -0.3 is 14.7 Å². The van der Waals surface area contributed by atoms with Crippen LogP contribution in [0.25, 0.3) is 0 Å². The van der Waals surface area contributed by atoms with Crippen LogP contribution in [0.4, 0.5) is 5.82 Å². The molecule has 2 fully saturated rings. The quantitative estimate of drug-likeness (QED) is 0.831. The second-order valence-electron chi connectivity index (χ2n) is 6.82. The smallest absolute Gasteiger partial charge is 0.253 e. The number of aromatic nitrogens is 3. The number of terminal acetylenes is 1. The van der Waals surface area contributed by atoms with Crippen LogP contribution in [0.15, 0.2) is 22.9 Å². The van der Waals surface area contributed by atoms with E-state index >= 15 is 0 Å². The minimum atomic E-state index is -0.204. The topological polar surface area (TPSA) is 84.2 Å². The van der Waals surface area contributed by atoms with Gasteiger partial charge in [0.25, 0.3) is 5.91 Å². The van der Waals surface area contributed by atoms with Crippen LogP contribution in [0.3, 0.4) is 0 Å². The second-order valence-corrected chi connectivity index (χ2v) is 6.82. The predicted octanol–water partition coefficient (Wildman–Crippen LogP) is 2.09. The fraction of sp³-hybridized carbons (Fsp3) is 0.474. The lowest BCUT2D eigenvalue weighted by Crippen LogP contribution is -2.34. The van der Waals surface area contributed by atoms with Gasteiger partial charge in [-0.3, -0.25) is 4.79 Å². The number of carbonyl (C=O) groups excluding carboxylic acids is 1. The molecule has 2 aromatic heterocycles. The van der Waals surface area contributed by atoms with Gasteiger partial charge in [-0.05, 0) is 37.8 Å². The minimum absolute atomic E-state index is 0.204.